The third-order valence-electron chi connectivity index (χ3n) is 1.94. The molecule has 2 rings (SSSR count). The Morgan fingerprint density at radius 1 is 1.21 bits per heavy atom. The van der Waals surface area contributed by atoms with Crippen LogP contribution in [0, 0.1) is 0 Å². The van der Waals surface area contributed by atoms with Gasteiger partial charge in [0.2, 0.25) is 0 Å². The van der Waals surface area contributed by atoms with Gasteiger partial charge in [0.15, 0.2) is 0 Å². The van der Waals surface area contributed by atoms with E-state index in [-0.39, 0.29) is 0 Å². The predicted octanol–water partition coefficient (Wildman–Crippen LogP) is 4.12. The minimum absolute atomic E-state index is 0.881. The zero-order valence-electron chi connectivity index (χ0n) is 7.53. The van der Waals surface area contributed by atoms with E-state index >= 15 is 0 Å². The summed E-state index contributed by atoms with van der Waals surface area (Å²) >= 11 is 5.23. The van der Waals surface area contributed by atoms with E-state index in [9.17, 15) is 0 Å². The molecule has 14 heavy (non-hydrogen) atoms. The van der Waals surface area contributed by atoms with Crippen LogP contribution in [0.25, 0.3) is 0 Å². The molecule has 0 amide bonds. The second kappa shape index (κ2) is 4.62. The largest absolute Gasteiger partial charge is 0.380 e. The van der Waals surface area contributed by atoms with Crippen molar-refractivity contribution in [2.75, 3.05) is 5.32 Å². The first-order chi connectivity index (χ1) is 6.86. The number of hydrogen-bond donors (Lipinski definition) is 1. The molecule has 1 aromatic carbocycles. The molecule has 0 aliphatic rings. The lowest BCUT2D eigenvalue weighted by Crippen LogP contribution is -1.98. The fourth-order valence-electron chi connectivity index (χ4n) is 1.20. The van der Waals surface area contributed by atoms with Gasteiger partial charge in [0.25, 0.3) is 0 Å². The standard InChI is InChI=1S/C11H10BrNS/c12-10-3-1-2-4-11(10)13-7-9-5-6-14-8-9/h1-6,8,13H,7H2. The summed E-state index contributed by atoms with van der Waals surface area (Å²) in [5.41, 5.74) is 2.46. The maximum Gasteiger partial charge on any atom is 0.0487 e. The van der Waals surface area contributed by atoms with Gasteiger partial charge in [-0.1, -0.05) is 12.1 Å². The van der Waals surface area contributed by atoms with E-state index in [1.165, 1.54) is 5.56 Å². The summed E-state index contributed by atoms with van der Waals surface area (Å²) in [7, 11) is 0. The molecule has 0 aliphatic heterocycles. The van der Waals surface area contributed by atoms with E-state index in [0.717, 1.165) is 16.7 Å². The number of thiophene rings is 1. The molecule has 1 N–H and O–H groups in total. The maximum atomic E-state index is 3.50. The Hall–Kier alpha value is -0.800. The number of benzene rings is 1. The minimum atomic E-state index is 0.881. The molecule has 0 bridgehead atoms. The molecule has 1 heterocycles. The van der Waals surface area contributed by atoms with E-state index in [2.05, 4.69) is 44.1 Å². The molecule has 3 heteroatoms. The van der Waals surface area contributed by atoms with Gasteiger partial charge < -0.3 is 5.32 Å². The second-order valence-electron chi connectivity index (χ2n) is 2.96. The number of para-hydroxylation sites is 1. The predicted molar refractivity (Wildman–Crippen MR) is 65.8 cm³/mol. The van der Waals surface area contributed by atoms with E-state index < -0.39 is 0 Å². The highest BCUT2D eigenvalue weighted by molar-refractivity contribution is 9.10. The van der Waals surface area contributed by atoms with Crippen molar-refractivity contribution >= 4 is 33.0 Å². The fraction of sp³-hybridized carbons (Fsp3) is 0.0909. The molecule has 1 nitrogen and oxygen atoms in total. The van der Waals surface area contributed by atoms with Crippen molar-refractivity contribution in [1.82, 2.24) is 0 Å². The highest BCUT2D eigenvalue weighted by Crippen LogP contribution is 2.22. The highest BCUT2D eigenvalue weighted by Gasteiger charge is 1.97. The molecule has 0 fully saturated rings. The summed E-state index contributed by atoms with van der Waals surface area (Å²) in [6, 6.07) is 10.3. The van der Waals surface area contributed by atoms with Crippen LogP contribution < -0.4 is 5.32 Å². The van der Waals surface area contributed by atoms with Gasteiger partial charge in [-0.15, -0.1) is 0 Å². The number of anilines is 1. The molecular formula is C11H10BrNS. The molecule has 0 unspecified atom stereocenters. The SMILES string of the molecule is Brc1ccccc1NCc1ccsc1. The molecule has 2 aromatic rings. The average molecular weight is 268 g/mol. The van der Waals surface area contributed by atoms with Crippen LogP contribution >= 0.6 is 27.3 Å². The summed E-state index contributed by atoms with van der Waals surface area (Å²) in [5.74, 6) is 0. The second-order valence-corrected chi connectivity index (χ2v) is 4.60. The van der Waals surface area contributed by atoms with Crippen LogP contribution in [0.2, 0.25) is 0 Å². The summed E-state index contributed by atoms with van der Waals surface area (Å²) in [5, 5.41) is 7.63. The Balaban J connectivity index is 2.02. The van der Waals surface area contributed by atoms with Gasteiger partial charge in [-0.2, -0.15) is 11.3 Å². The summed E-state index contributed by atoms with van der Waals surface area (Å²) in [6.45, 7) is 0.881. The van der Waals surface area contributed by atoms with Crippen molar-refractivity contribution in [3.63, 3.8) is 0 Å². The van der Waals surface area contributed by atoms with Gasteiger partial charge in [0, 0.05) is 16.7 Å². The van der Waals surface area contributed by atoms with Crippen molar-refractivity contribution in [3.8, 4) is 0 Å². The van der Waals surface area contributed by atoms with Crippen LogP contribution in [-0.2, 0) is 6.54 Å². The average Bonchev–Trinajstić information content (AvgIpc) is 2.69. The zero-order chi connectivity index (χ0) is 9.80. The van der Waals surface area contributed by atoms with Crippen molar-refractivity contribution in [2.45, 2.75) is 6.54 Å². The Morgan fingerprint density at radius 2 is 2.07 bits per heavy atom. The topological polar surface area (TPSA) is 12.0 Å². The smallest absolute Gasteiger partial charge is 0.0487 e. The first-order valence-corrected chi connectivity index (χ1v) is 6.09. The lowest BCUT2D eigenvalue weighted by molar-refractivity contribution is 1.16. The monoisotopic (exact) mass is 267 g/mol. The lowest BCUT2D eigenvalue weighted by Gasteiger charge is -2.06. The molecule has 0 radical (unpaired) electrons. The summed E-state index contributed by atoms with van der Waals surface area (Å²) < 4.78 is 1.11. The van der Waals surface area contributed by atoms with Crippen LogP contribution in [0.4, 0.5) is 5.69 Å². The first kappa shape index (κ1) is 9.74. The van der Waals surface area contributed by atoms with Crippen LogP contribution in [0.15, 0.2) is 45.6 Å². The van der Waals surface area contributed by atoms with Crippen molar-refractivity contribution in [3.05, 3.63) is 51.1 Å². The van der Waals surface area contributed by atoms with Gasteiger partial charge in [0.05, 0.1) is 0 Å². The number of halogens is 1. The summed E-state index contributed by atoms with van der Waals surface area (Å²) in [6.07, 6.45) is 0. The lowest BCUT2D eigenvalue weighted by atomic mass is 10.3. The normalized spacial score (nSPS) is 10.1. The Labute approximate surface area is 95.9 Å². The molecule has 0 saturated carbocycles. The van der Waals surface area contributed by atoms with Gasteiger partial charge in [0.1, 0.15) is 0 Å². The van der Waals surface area contributed by atoms with Crippen molar-refractivity contribution in [1.29, 1.82) is 0 Å². The van der Waals surface area contributed by atoms with Crippen LogP contribution in [0.3, 0.4) is 0 Å². The molecular weight excluding hydrogens is 258 g/mol. The van der Waals surface area contributed by atoms with Crippen LogP contribution in [-0.4, -0.2) is 0 Å². The summed E-state index contributed by atoms with van der Waals surface area (Å²) in [4.78, 5) is 0. The fourth-order valence-corrected chi connectivity index (χ4v) is 2.29. The van der Waals surface area contributed by atoms with Gasteiger partial charge in [-0.05, 0) is 50.5 Å². The van der Waals surface area contributed by atoms with E-state index in [0.29, 0.717) is 0 Å². The maximum absolute atomic E-state index is 3.50. The van der Waals surface area contributed by atoms with E-state index in [1.54, 1.807) is 11.3 Å². The first-order valence-electron chi connectivity index (χ1n) is 4.36. The Kier molecular flexibility index (Phi) is 3.22. The van der Waals surface area contributed by atoms with E-state index in [1.807, 2.05) is 18.2 Å². The van der Waals surface area contributed by atoms with Crippen molar-refractivity contribution in [2.24, 2.45) is 0 Å². The Morgan fingerprint density at radius 3 is 2.79 bits per heavy atom. The zero-order valence-corrected chi connectivity index (χ0v) is 9.94. The number of hydrogen-bond acceptors (Lipinski definition) is 2. The quantitative estimate of drug-likeness (QED) is 0.882. The van der Waals surface area contributed by atoms with Gasteiger partial charge in [-0.25, -0.2) is 0 Å². The van der Waals surface area contributed by atoms with Gasteiger partial charge in [-0.3, -0.25) is 0 Å². The highest BCUT2D eigenvalue weighted by atomic mass is 79.9. The molecule has 0 saturated heterocycles. The minimum Gasteiger partial charge on any atom is -0.380 e. The third-order valence-corrected chi connectivity index (χ3v) is 3.36. The van der Waals surface area contributed by atoms with E-state index in [4.69, 9.17) is 0 Å². The van der Waals surface area contributed by atoms with Crippen LogP contribution in [0.5, 0.6) is 0 Å². The molecule has 0 spiro atoms. The Bertz CT molecular complexity index is 397. The molecule has 1 aromatic heterocycles. The van der Waals surface area contributed by atoms with Crippen molar-refractivity contribution < 1.29 is 0 Å². The van der Waals surface area contributed by atoms with Crippen LogP contribution in [0.1, 0.15) is 5.56 Å². The van der Waals surface area contributed by atoms with Gasteiger partial charge >= 0.3 is 0 Å². The number of rotatable bonds is 3. The molecule has 0 aliphatic carbocycles. The number of nitrogens with one attached hydrogen (secondary N) is 1. The molecule has 0 atom stereocenters. The molecule has 72 valence electrons. The third kappa shape index (κ3) is 2.36.